The lowest BCUT2D eigenvalue weighted by molar-refractivity contribution is 0.0917. The number of aromatic nitrogens is 8. The molecule has 0 radical (unpaired) electrons. The maximum absolute atomic E-state index is 13.8. The van der Waals surface area contributed by atoms with Crippen LogP contribution in [-0.2, 0) is 0 Å². The summed E-state index contributed by atoms with van der Waals surface area (Å²) in [6.07, 6.45) is 37.2. The number of halogens is 4. The smallest absolute Gasteiger partial charge is 0.212 e. The van der Waals surface area contributed by atoms with Gasteiger partial charge in [-0.05, 0) is 317 Å². The zero-order valence-electron chi connectivity index (χ0n) is 72.7. The number of ketones is 4. The Hall–Kier alpha value is -11.3. The van der Waals surface area contributed by atoms with Crippen LogP contribution in [0.25, 0.3) is 43.6 Å². The molecule has 20 heteroatoms. The van der Waals surface area contributed by atoms with Crippen LogP contribution in [0.5, 0.6) is 23.5 Å². The number of nitrogens with zero attached hydrogens (tertiary/aromatic N) is 8. The molecule has 16 rings (SSSR count). The Morgan fingerprint density at radius 3 is 0.653 bits per heavy atom. The maximum Gasteiger partial charge on any atom is 0.212 e. The number of benzene rings is 4. The molecule has 4 aliphatic carbocycles. The Morgan fingerprint density at radius 1 is 0.282 bits per heavy atom. The van der Waals surface area contributed by atoms with Crippen LogP contribution in [0.4, 0.5) is 17.6 Å². The van der Waals surface area contributed by atoms with E-state index in [9.17, 15) is 36.7 Å². The fraction of sp³-hybridized carbons (Fsp3) is 0.423. The molecule has 8 aromatic heterocycles. The topological polar surface area (TPSA) is 208 Å². The first-order chi connectivity index (χ1) is 60.3. The van der Waals surface area contributed by atoms with Crippen molar-refractivity contribution in [1.82, 2.24) is 39.9 Å². The minimum atomic E-state index is -0.215. The Labute approximate surface area is 726 Å². The van der Waals surface area contributed by atoms with Gasteiger partial charge < -0.3 is 18.9 Å². The molecule has 8 heterocycles. The van der Waals surface area contributed by atoms with Crippen LogP contribution in [-0.4, -0.2) is 91.4 Å². The Kier molecular flexibility index (Phi) is 32.0. The van der Waals surface area contributed by atoms with Gasteiger partial charge in [-0.25, -0.2) is 37.5 Å². The highest BCUT2D eigenvalue weighted by atomic mass is 19.1. The van der Waals surface area contributed by atoms with Crippen LogP contribution >= 0.6 is 0 Å². The monoisotopic (exact) mass is 1680 g/mol. The summed E-state index contributed by atoms with van der Waals surface area (Å²) in [5.74, 6) is 7.18. The van der Waals surface area contributed by atoms with Crippen molar-refractivity contribution in [3.05, 3.63) is 263 Å². The molecule has 12 aromatic rings. The second-order valence-corrected chi connectivity index (χ2v) is 34.2. The first-order valence-corrected chi connectivity index (χ1v) is 44.6. The second-order valence-electron chi connectivity index (χ2n) is 34.2. The first kappa shape index (κ1) is 90.4. The van der Waals surface area contributed by atoms with Crippen molar-refractivity contribution < 1.29 is 55.7 Å². The molecule has 4 fully saturated rings. The van der Waals surface area contributed by atoms with Gasteiger partial charge in [0.1, 0.15) is 23.3 Å². The van der Waals surface area contributed by atoms with E-state index in [1.807, 2.05) is 49.1 Å². The van der Waals surface area contributed by atoms with Gasteiger partial charge in [-0.1, -0.05) is 53.4 Å². The predicted octanol–water partition coefficient (Wildman–Crippen LogP) is 25.4. The van der Waals surface area contributed by atoms with Crippen LogP contribution in [0, 0.1) is 70.6 Å². The third-order valence-electron chi connectivity index (χ3n) is 27.4. The van der Waals surface area contributed by atoms with Crippen LogP contribution < -0.4 is 18.9 Å². The Balaban J connectivity index is 0.000000142. The largest absolute Gasteiger partial charge is 0.481 e. The zero-order valence-corrected chi connectivity index (χ0v) is 72.7. The number of Topliss-reactive ketones (excluding diaryl/α,β-unsaturated/α-hetero) is 4. The number of hydrogen-bond acceptors (Lipinski definition) is 16. The van der Waals surface area contributed by atoms with E-state index < -0.39 is 0 Å². The van der Waals surface area contributed by atoms with Crippen LogP contribution in [0.1, 0.15) is 269 Å². The van der Waals surface area contributed by atoms with Gasteiger partial charge in [0.2, 0.25) is 23.5 Å². The highest BCUT2D eigenvalue weighted by Gasteiger charge is 2.35. The fourth-order valence-corrected chi connectivity index (χ4v) is 20.3. The number of hydrogen-bond donors (Lipinski definition) is 0. The number of carbonyl (C=O) groups is 4. The number of carbonyl (C=O) groups excluding carboxylic acids is 4. The number of methoxy groups -OCH3 is 4. The summed E-state index contributed by atoms with van der Waals surface area (Å²) in [5, 5.41) is 3.72. The van der Waals surface area contributed by atoms with Crippen LogP contribution in [0.3, 0.4) is 0 Å². The van der Waals surface area contributed by atoms with Crippen molar-refractivity contribution in [2.75, 3.05) is 28.4 Å². The molecule has 0 N–H and O–H groups in total. The normalized spacial score (nSPS) is 19.8. The molecular formula is C104H116F4N8O8. The highest BCUT2D eigenvalue weighted by Crippen LogP contribution is 2.48. The lowest BCUT2D eigenvalue weighted by Crippen LogP contribution is -2.23. The highest BCUT2D eigenvalue weighted by molar-refractivity contribution is 5.98. The van der Waals surface area contributed by atoms with E-state index in [2.05, 4.69) is 67.6 Å². The lowest BCUT2D eigenvalue weighted by atomic mass is 9.71. The molecule has 0 saturated heterocycles. The summed E-state index contributed by atoms with van der Waals surface area (Å²) in [7, 11) is 6.27. The van der Waals surface area contributed by atoms with Gasteiger partial charge in [0, 0.05) is 143 Å². The minimum absolute atomic E-state index is 0.153. The summed E-state index contributed by atoms with van der Waals surface area (Å²) in [4.78, 5) is 85.4. The van der Waals surface area contributed by atoms with E-state index in [0.29, 0.717) is 142 Å². The van der Waals surface area contributed by atoms with E-state index in [-0.39, 0.29) is 46.4 Å². The average molecular weight is 1680 g/mol. The van der Waals surface area contributed by atoms with Crippen molar-refractivity contribution in [3.63, 3.8) is 0 Å². The molecule has 4 aliphatic rings. The second kappa shape index (κ2) is 43.9. The molecule has 4 saturated carbocycles. The molecule has 0 amide bonds. The lowest BCUT2D eigenvalue weighted by Gasteiger charge is -2.34. The molecule has 0 aliphatic heterocycles. The molecule has 0 unspecified atom stereocenters. The first-order valence-electron chi connectivity index (χ1n) is 44.6. The molecule has 16 nitrogen and oxygen atoms in total. The quantitative estimate of drug-likeness (QED) is 0.0330. The maximum atomic E-state index is 13.8. The van der Waals surface area contributed by atoms with Gasteiger partial charge in [-0.15, -0.1) is 0 Å². The van der Waals surface area contributed by atoms with E-state index in [4.69, 9.17) is 18.9 Å². The molecule has 0 spiro atoms. The summed E-state index contributed by atoms with van der Waals surface area (Å²) in [6.45, 7) is 8.70. The van der Waals surface area contributed by atoms with Crippen molar-refractivity contribution in [3.8, 4) is 23.5 Å². The van der Waals surface area contributed by atoms with E-state index in [1.54, 1.807) is 150 Å². The fourth-order valence-electron chi connectivity index (χ4n) is 20.3. The minimum Gasteiger partial charge on any atom is -0.481 e. The number of pyridine rings is 8. The Morgan fingerprint density at radius 2 is 0.484 bits per heavy atom. The average Bonchev–Trinajstić information content (AvgIpc) is 0.805. The van der Waals surface area contributed by atoms with Crippen molar-refractivity contribution in [2.24, 2.45) is 47.3 Å². The zero-order chi connectivity index (χ0) is 87.2. The van der Waals surface area contributed by atoms with Gasteiger partial charge in [-0.3, -0.25) is 39.1 Å². The van der Waals surface area contributed by atoms with Gasteiger partial charge in [0.05, 0.1) is 50.5 Å². The van der Waals surface area contributed by atoms with Crippen molar-refractivity contribution >= 4 is 66.7 Å². The SMILES string of the molecule is CC[C@@H](CC(=O)c1ccc(OC)nc1)C1CCC(c2ccnc3ccc(F)cc23)CC1.CC[C@@H](CC(=O)c1ccc(OC)nc1)C1CCC(c2ccnc3ccc(F)cc23)CC1.CC[C@H](CC(=O)c1ccc(OC)nc1)C1CCC(c2ccnc3ccc(F)cc23)CC1.CC[C@H](CC(=O)c1ccc(OC)nc1)C1CCC(c2ccnc3ccc(F)cc23)CC1. The standard InChI is InChI=1S/4C26H29FN2O2/c4*1-3-17(14-25(30)20-8-11-26(31-2)29-16-20)18-4-6-19(7-5-18)22-12-13-28-24-10-9-21(27)15-23(22)24/h4*8-13,15-19H,3-7,14H2,1-2H3/t4*17-,18?,19?/m1100/s1. The van der Waals surface area contributed by atoms with E-state index >= 15 is 0 Å². The van der Waals surface area contributed by atoms with Gasteiger partial charge in [0.15, 0.2) is 23.1 Å². The molecule has 124 heavy (non-hydrogen) atoms. The number of rotatable bonds is 28. The van der Waals surface area contributed by atoms with Gasteiger partial charge in [-0.2, -0.15) is 0 Å². The third-order valence-corrected chi connectivity index (χ3v) is 27.4. The Bertz CT molecular complexity index is 4850. The molecular weight excluding hydrogens is 1570 g/mol. The number of ether oxygens (including phenoxy) is 4. The van der Waals surface area contributed by atoms with Gasteiger partial charge in [0.25, 0.3) is 0 Å². The van der Waals surface area contributed by atoms with Crippen LogP contribution in [0.15, 0.2) is 195 Å². The van der Waals surface area contributed by atoms with E-state index in [1.165, 1.54) is 46.5 Å². The molecule has 4 aromatic carbocycles. The summed E-state index contributed by atoms with van der Waals surface area (Å²) < 4.78 is 75.6. The predicted molar refractivity (Wildman–Crippen MR) is 480 cm³/mol. The number of fused-ring (bicyclic) bond motifs is 4. The van der Waals surface area contributed by atoms with Crippen molar-refractivity contribution in [2.45, 2.75) is 205 Å². The van der Waals surface area contributed by atoms with Crippen LogP contribution in [0.2, 0.25) is 0 Å². The molecule has 648 valence electrons. The third kappa shape index (κ3) is 23.0. The summed E-state index contributed by atoms with van der Waals surface area (Å²) >= 11 is 0. The van der Waals surface area contributed by atoms with Crippen molar-refractivity contribution in [1.29, 1.82) is 0 Å². The molecule has 4 atom stereocenters. The van der Waals surface area contributed by atoms with E-state index in [0.717, 1.165) is 172 Å². The van der Waals surface area contributed by atoms with Gasteiger partial charge >= 0.3 is 0 Å². The summed E-state index contributed by atoms with van der Waals surface area (Å²) in [5.41, 5.74) is 10.8. The molecule has 0 bridgehead atoms. The summed E-state index contributed by atoms with van der Waals surface area (Å²) in [6, 6.07) is 41.7.